The first kappa shape index (κ1) is 12.9. The lowest BCUT2D eigenvalue weighted by atomic mass is 10.2. The van der Waals surface area contributed by atoms with Crippen molar-refractivity contribution in [3.05, 3.63) is 29.8 Å². The zero-order valence-electron chi connectivity index (χ0n) is 8.61. The molecule has 0 aliphatic rings. The quantitative estimate of drug-likeness (QED) is 0.555. The SMILES string of the molecule is CC.CC(=O)Sc1ccccc1C=O. The van der Waals surface area contributed by atoms with Crippen LogP contribution in [0.25, 0.3) is 0 Å². The van der Waals surface area contributed by atoms with Gasteiger partial charge in [0.15, 0.2) is 11.4 Å². The van der Waals surface area contributed by atoms with Crippen LogP contribution in [0.3, 0.4) is 0 Å². The zero-order valence-corrected chi connectivity index (χ0v) is 9.43. The van der Waals surface area contributed by atoms with Gasteiger partial charge in [0.05, 0.1) is 0 Å². The van der Waals surface area contributed by atoms with Gasteiger partial charge in [0.2, 0.25) is 0 Å². The van der Waals surface area contributed by atoms with Crippen LogP contribution >= 0.6 is 11.8 Å². The summed E-state index contributed by atoms with van der Waals surface area (Å²) < 4.78 is 0. The molecular weight excluding hydrogens is 196 g/mol. The van der Waals surface area contributed by atoms with Gasteiger partial charge in [-0.15, -0.1) is 0 Å². The van der Waals surface area contributed by atoms with Gasteiger partial charge in [-0.3, -0.25) is 9.59 Å². The van der Waals surface area contributed by atoms with E-state index in [9.17, 15) is 9.59 Å². The zero-order chi connectivity index (χ0) is 11.0. The molecule has 1 rings (SSSR count). The third-order valence-corrected chi connectivity index (χ3v) is 2.18. The molecule has 0 heterocycles. The standard InChI is InChI=1S/C9H8O2S.C2H6/c1-7(11)12-9-5-3-2-4-8(9)6-10;1-2/h2-6H,1H3;1-2H3. The highest BCUT2D eigenvalue weighted by molar-refractivity contribution is 8.13. The third kappa shape index (κ3) is 4.23. The third-order valence-electron chi connectivity index (χ3n) is 1.30. The van der Waals surface area contributed by atoms with Gasteiger partial charge in [-0.1, -0.05) is 43.8 Å². The van der Waals surface area contributed by atoms with E-state index in [1.54, 1.807) is 24.3 Å². The first-order chi connectivity index (χ1) is 6.74. The van der Waals surface area contributed by atoms with Gasteiger partial charge in [0, 0.05) is 17.4 Å². The maximum atomic E-state index is 10.7. The van der Waals surface area contributed by atoms with E-state index in [1.165, 1.54) is 6.92 Å². The average Bonchev–Trinajstić information content (AvgIpc) is 2.21. The number of rotatable bonds is 2. The highest BCUT2D eigenvalue weighted by atomic mass is 32.2. The van der Waals surface area contributed by atoms with Crippen LogP contribution in [-0.2, 0) is 4.79 Å². The number of benzene rings is 1. The predicted octanol–water partition coefficient (Wildman–Crippen LogP) is 3.16. The predicted molar refractivity (Wildman–Crippen MR) is 59.7 cm³/mol. The molecule has 1 aromatic carbocycles. The van der Waals surface area contributed by atoms with Crippen molar-refractivity contribution < 1.29 is 9.59 Å². The number of hydrogen-bond donors (Lipinski definition) is 0. The van der Waals surface area contributed by atoms with E-state index in [-0.39, 0.29) is 5.12 Å². The summed E-state index contributed by atoms with van der Waals surface area (Å²) in [6.45, 7) is 5.48. The molecule has 0 unspecified atom stereocenters. The van der Waals surface area contributed by atoms with Crippen LogP contribution in [0.4, 0.5) is 0 Å². The molecule has 76 valence electrons. The molecule has 0 aromatic heterocycles. The Kier molecular flexibility index (Phi) is 6.76. The minimum atomic E-state index is -0.00991. The molecule has 3 heteroatoms. The summed E-state index contributed by atoms with van der Waals surface area (Å²) in [7, 11) is 0. The van der Waals surface area contributed by atoms with E-state index in [0.717, 1.165) is 22.9 Å². The molecule has 2 nitrogen and oxygen atoms in total. The van der Waals surface area contributed by atoms with Crippen molar-refractivity contribution in [2.45, 2.75) is 25.7 Å². The summed E-state index contributed by atoms with van der Waals surface area (Å²) in [6, 6.07) is 7.03. The fraction of sp³-hybridized carbons (Fsp3) is 0.273. The van der Waals surface area contributed by atoms with Crippen molar-refractivity contribution in [1.29, 1.82) is 0 Å². The van der Waals surface area contributed by atoms with Crippen molar-refractivity contribution >= 4 is 23.2 Å². The summed E-state index contributed by atoms with van der Waals surface area (Å²) in [5.74, 6) is 0. The van der Waals surface area contributed by atoms with E-state index >= 15 is 0 Å². The van der Waals surface area contributed by atoms with Gasteiger partial charge in [-0.05, 0) is 6.07 Å². The second-order valence-corrected chi connectivity index (χ2v) is 3.47. The molecular formula is C11H14O2S. The number of carbonyl (C=O) groups is 2. The van der Waals surface area contributed by atoms with Crippen LogP contribution in [-0.4, -0.2) is 11.4 Å². The Morgan fingerprint density at radius 1 is 1.29 bits per heavy atom. The van der Waals surface area contributed by atoms with Gasteiger partial charge >= 0.3 is 0 Å². The van der Waals surface area contributed by atoms with Gasteiger partial charge in [0.25, 0.3) is 0 Å². The fourth-order valence-corrected chi connectivity index (χ4v) is 1.52. The summed E-state index contributed by atoms with van der Waals surface area (Å²) in [5, 5.41) is -0.00991. The van der Waals surface area contributed by atoms with E-state index in [4.69, 9.17) is 0 Å². The van der Waals surface area contributed by atoms with E-state index < -0.39 is 0 Å². The van der Waals surface area contributed by atoms with E-state index in [1.807, 2.05) is 13.8 Å². The maximum Gasteiger partial charge on any atom is 0.190 e. The Morgan fingerprint density at radius 2 is 1.86 bits per heavy atom. The fourth-order valence-electron chi connectivity index (χ4n) is 0.826. The largest absolute Gasteiger partial charge is 0.298 e. The molecule has 0 amide bonds. The number of carbonyl (C=O) groups excluding carboxylic acids is 2. The average molecular weight is 210 g/mol. The molecule has 0 aliphatic carbocycles. The summed E-state index contributed by atoms with van der Waals surface area (Å²) in [5.41, 5.74) is 0.567. The normalized spacial score (nSPS) is 8.50. The Labute approximate surface area is 88.7 Å². The second-order valence-electron chi connectivity index (χ2n) is 2.25. The molecule has 0 aliphatic heterocycles. The van der Waals surface area contributed by atoms with Crippen LogP contribution in [0.5, 0.6) is 0 Å². The first-order valence-corrected chi connectivity index (χ1v) is 5.28. The Morgan fingerprint density at radius 3 is 2.36 bits per heavy atom. The van der Waals surface area contributed by atoms with Crippen molar-refractivity contribution in [1.82, 2.24) is 0 Å². The Balaban J connectivity index is 0.000000791. The summed E-state index contributed by atoms with van der Waals surface area (Å²) in [6.07, 6.45) is 0.755. The minimum absolute atomic E-state index is 0.00991. The number of thioether (sulfide) groups is 1. The molecule has 0 saturated carbocycles. The van der Waals surface area contributed by atoms with Crippen molar-refractivity contribution in [2.24, 2.45) is 0 Å². The monoisotopic (exact) mass is 210 g/mol. The lowest BCUT2D eigenvalue weighted by Gasteiger charge is -1.98. The highest BCUT2D eigenvalue weighted by Crippen LogP contribution is 2.21. The first-order valence-electron chi connectivity index (χ1n) is 4.46. The molecule has 0 N–H and O–H groups in total. The van der Waals surface area contributed by atoms with Crippen LogP contribution in [0, 0.1) is 0 Å². The van der Waals surface area contributed by atoms with E-state index in [2.05, 4.69) is 0 Å². The van der Waals surface area contributed by atoms with Gasteiger partial charge in [-0.25, -0.2) is 0 Å². The molecule has 0 atom stereocenters. The van der Waals surface area contributed by atoms with Crippen LogP contribution in [0.15, 0.2) is 29.2 Å². The maximum absolute atomic E-state index is 10.7. The molecule has 0 saturated heterocycles. The topological polar surface area (TPSA) is 34.1 Å². The molecule has 0 spiro atoms. The van der Waals surface area contributed by atoms with Crippen LogP contribution < -0.4 is 0 Å². The van der Waals surface area contributed by atoms with Crippen molar-refractivity contribution in [3.8, 4) is 0 Å². The summed E-state index contributed by atoms with van der Waals surface area (Å²) in [4.78, 5) is 21.9. The molecule has 14 heavy (non-hydrogen) atoms. The lowest BCUT2D eigenvalue weighted by molar-refractivity contribution is -0.109. The van der Waals surface area contributed by atoms with Gasteiger partial charge in [0.1, 0.15) is 0 Å². The lowest BCUT2D eigenvalue weighted by Crippen LogP contribution is -1.87. The van der Waals surface area contributed by atoms with Gasteiger partial charge in [-0.2, -0.15) is 0 Å². The molecule has 1 aromatic rings. The number of hydrogen-bond acceptors (Lipinski definition) is 3. The summed E-state index contributed by atoms with van der Waals surface area (Å²) >= 11 is 1.08. The van der Waals surface area contributed by atoms with Crippen molar-refractivity contribution in [2.75, 3.05) is 0 Å². The molecule has 0 radical (unpaired) electrons. The smallest absolute Gasteiger partial charge is 0.190 e. The van der Waals surface area contributed by atoms with Crippen LogP contribution in [0.2, 0.25) is 0 Å². The Hall–Kier alpha value is -1.09. The van der Waals surface area contributed by atoms with E-state index in [0.29, 0.717) is 5.56 Å². The molecule has 0 bridgehead atoms. The number of aldehydes is 1. The van der Waals surface area contributed by atoms with Gasteiger partial charge < -0.3 is 0 Å². The second kappa shape index (κ2) is 7.33. The minimum Gasteiger partial charge on any atom is -0.298 e. The van der Waals surface area contributed by atoms with Crippen molar-refractivity contribution in [3.63, 3.8) is 0 Å². The molecule has 0 fully saturated rings. The van der Waals surface area contributed by atoms with Crippen LogP contribution in [0.1, 0.15) is 31.1 Å². The highest BCUT2D eigenvalue weighted by Gasteiger charge is 2.02. The Bertz CT molecular complexity index is 308.